The molecule has 1 aromatic carbocycles. The van der Waals surface area contributed by atoms with Gasteiger partial charge < -0.3 is 15.7 Å². The predicted octanol–water partition coefficient (Wildman–Crippen LogP) is 2.91. The molecule has 0 aliphatic carbocycles. The molecule has 4 nitrogen and oxygen atoms in total. The summed E-state index contributed by atoms with van der Waals surface area (Å²) in [6.07, 6.45) is 4.22. The molecule has 0 saturated carbocycles. The lowest BCUT2D eigenvalue weighted by Crippen LogP contribution is -2.28. The maximum atomic E-state index is 10.5. The number of aliphatic carboxylic acids is 1. The van der Waals surface area contributed by atoms with E-state index in [-0.39, 0.29) is 0 Å². The van der Waals surface area contributed by atoms with Crippen LogP contribution in [-0.4, -0.2) is 22.7 Å². The van der Waals surface area contributed by atoms with Crippen LogP contribution in [0.4, 0.5) is 5.69 Å². The van der Waals surface area contributed by atoms with Crippen LogP contribution < -0.4 is 10.6 Å². The molecule has 0 spiro atoms. The summed E-state index contributed by atoms with van der Waals surface area (Å²) in [6.45, 7) is 4.12. The molecule has 6 heteroatoms. The molecular formula is C13H13ClN2O2S. The first-order valence-electron chi connectivity index (χ1n) is 5.39. The highest BCUT2D eigenvalue weighted by atomic mass is 35.5. The van der Waals surface area contributed by atoms with E-state index in [1.807, 2.05) is 0 Å². The second-order valence-corrected chi connectivity index (χ2v) is 4.35. The second kappa shape index (κ2) is 7.56. The number of carboxylic acids is 1. The monoisotopic (exact) mass is 296 g/mol. The fourth-order valence-electron chi connectivity index (χ4n) is 1.24. The van der Waals surface area contributed by atoms with Crippen molar-refractivity contribution in [2.75, 3.05) is 11.9 Å². The van der Waals surface area contributed by atoms with E-state index < -0.39 is 5.97 Å². The highest BCUT2D eigenvalue weighted by Crippen LogP contribution is 2.23. The van der Waals surface area contributed by atoms with E-state index in [0.717, 1.165) is 6.08 Å². The molecule has 100 valence electrons. The van der Waals surface area contributed by atoms with Crippen molar-refractivity contribution in [3.05, 3.63) is 47.5 Å². The van der Waals surface area contributed by atoms with E-state index in [0.29, 0.717) is 27.9 Å². The number of rotatable bonds is 5. The minimum atomic E-state index is -1.01. The second-order valence-electron chi connectivity index (χ2n) is 3.53. The lowest BCUT2D eigenvalue weighted by Gasteiger charge is -2.11. The van der Waals surface area contributed by atoms with Crippen LogP contribution in [0, 0.1) is 0 Å². The Hall–Kier alpha value is -1.85. The number of hydrogen-bond donors (Lipinski definition) is 3. The van der Waals surface area contributed by atoms with Gasteiger partial charge in [-0.05, 0) is 36.0 Å². The number of hydrogen-bond acceptors (Lipinski definition) is 2. The van der Waals surface area contributed by atoms with Gasteiger partial charge in [-0.2, -0.15) is 0 Å². The zero-order valence-corrected chi connectivity index (χ0v) is 11.6. The fourth-order valence-corrected chi connectivity index (χ4v) is 1.60. The maximum absolute atomic E-state index is 10.5. The zero-order valence-electron chi connectivity index (χ0n) is 10.0. The standard InChI is InChI=1S/C13H13ClN2O2S/c1-2-7-15-13(19)16-11-8-9(3-5-10(11)14)4-6-12(17)18/h2-6,8H,1,7H2,(H,17,18)(H2,15,16,19)/b6-4+. The van der Waals surface area contributed by atoms with Crippen molar-refractivity contribution in [3.8, 4) is 0 Å². The molecule has 0 aromatic heterocycles. The summed E-state index contributed by atoms with van der Waals surface area (Å²) in [7, 11) is 0. The number of carbonyl (C=O) groups is 1. The van der Waals surface area contributed by atoms with Gasteiger partial charge in [0, 0.05) is 12.6 Å². The molecular weight excluding hydrogens is 284 g/mol. The van der Waals surface area contributed by atoms with E-state index in [1.165, 1.54) is 6.08 Å². The van der Waals surface area contributed by atoms with Crippen LogP contribution in [0.25, 0.3) is 6.08 Å². The van der Waals surface area contributed by atoms with Gasteiger partial charge in [-0.15, -0.1) is 6.58 Å². The van der Waals surface area contributed by atoms with Gasteiger partial charge in [0.2, 0.25) is 0 Å². The van der Waals surface area contributed by atoms with Gasteiger partial charge in [0.25, 0.3) is 0 Å². The minimum absolute atomic E-state index is 0.418. The van der Waals surface area contributed by atoms with E-state index in [9.17, 15) is 4.79 Å². The molecule has 1 aromatic rings. The normalized spacial score (nSPS) is 10.2. The Morgan fingerprint density at radius 2 is 2.26 bits per heavy atom. The maximum Gasteiger partial charge on any atom is 0.328 e. The largest absolute Gasteiger partial charge is 0.478 e. The summed E-state index contributed by atoms with van der Waals surface area (Å²) in [4.78, 5) is 10.5. The first-order valence-corrected chi connectivity index (χ1v) is 6.18. The quantitative estimate of drug-likeness (QED) is 0.443. The average Bonchev–Trinajstić information content (AvgIpc) is 2.37. The van der Waals surface area contributed by atoms with E-state index >= 15 is 0 Å². The van der Waals surface area contributed by atoms with Crippen LogP contribution in [0.5, 0.6) is 0 Å². The fraction of sp³-hybridized carbons (Fsp3) is 0.0769. The third kappa shape index (κ3) is 5.54. The SMILES string of the molecule is C=CCNC(=S)Nc1cc(/C=C/C(=O)O)ccc1Cl. The molecule has 0 aliphatic heterocycles. The summed E-state index contributed by atoms with van der Waals surface area (Å²) in [6, 6.07) is 5.10. The summed E-state index contributed by atoms with van der Waals surface area (Å²) in [5.41, 5.74) is 1.32. The summed E-state index contributed by atoms with van der Waals surface area (Å²) >= 11 is 11.1. The molecule has 3 N–H and O–H groups in total. The Kier molecular flexibility index (Phi) is 6.05. The number of anilines is 1. The van der Waals surface area contributed by atoms with Gasteiger partial charge in [0.15, 0.2) is 5.11 Å². The molecule has 19 heavy (non-hydrogen) atoms. The number of nitrogens with one attached hydrogen (secondary N) is 2. The van der Waals surface area contributed by atoms with Gasteiger partial charge in [-0.1, -0.05) is 23.7 Å². The van der Waals surface area contributed by atoms with Gasteiger partial charge in [-0.3, -0.25) is 0 Å². The van der Waals surface area contributed by atoms with E-state index in [2.05, 4.69) is 17.2 Å². The molecule has 0 unspecified atom stereocenters. The smallest absolute Gasteiger partial charge is 0.328 e. The topological polar surface area (TPSA) is 61.4 Å². The van der Waals surface area contributed by atoms with Crippen LogP contribution in [0.1, 0.15) is 5.56 Å². The summed E-state index contributed by atoms with van der Waals surface area (Å²) in [5.74, 6) is -1.01. The van der Waals surface area contributed by atoms with E-state index in [4.69, 9.17) is 28.9 Å². The van der Waals surface area contributed by atoms with E-state index in [1.54, 1.807) is 24.3 Å². The van der Waals surface area contributed by atoms with Crippen LogP contribution in [0.2, 0.25) is 5.02 Å². The third-order valence-corrected chi connectivity index (χ3v) is 2.64. The van der Waals surface area contributed by atoms with Crippen molar-refractivity contribution in [2.24, 2.45) is 0 Å². The number of thiocarbonyl (C=S) groups is 1. The van der Waals surface area contributed by atoms with Crippen LogP contribution in [0.3, 0.4) is 0 Å². The molecule has 0 amide bonds. The lowest BCUT2D eigenvalue weighted by atomic mass is 10.2. The third-order valence-electron chi connectivity index (χ3n) is 2.06. The van der Waals surface area contributed by atoms with Gasteiger partial charge in [-0.25, -0.2) is 4.79 Å². The molecule has 0 atom stereocenters. The van der Waals surface area contributed by atoms with Gasteiger partial charge >= 0.3 is 5.97 Å². The van der Waals surface area contributed by atoms with Crippen molar-refractivity contribution in [1.29, 1.82) is 0 Å². The average molecular weight is 297 g/mol. The van der Waals surface area contributed by atoms with Crippen LogP contribution in [-0.2, 0) is 4.79 Å². The predicted molar refractivity (Wildman–Crippen MR) is 82.5 cm³/mol. The van der Waals surface area contributed by atoms with Gasteiger partial charge in [0.1, 0.15) is 0 Å². The van der Waals surface area contributed by atoms with Crippen molar-refractivity contribution >= 4 is 46.7 Å². The Balaban J connectivity index is 2.82. The molecule has 0 heterocycles. The lowest BCUT2D eigenvalue weighted by molar-refractivity contribution is -0.131. The minimum Gasteiger partial charge on any atom is -0.478 e. The molecule has 0 aliphatic rings. The first-order chi connectivity index (χ1) is 9.02. The summed E-state index contributed by atoms with van der Waals surface area (Å²) in [5, 5.41) is 15.3. The van der Waals surface area contributed by atoms with Crippen molar-refractivity contribution in [1.82, 2.24) is 5.32 Å². The van der Waals surface area contributed by atoms with Crippen LogP contribution in [0.15, 0.2) is 36.9 Å². The van der Waals surface area contributed by atoms with Crippen molar-refractivity contribution in [2.45, 2.75) is 0 Å². The number of benzene rings is 1. The first kappa shape index (κ1) is 15.2. The highest BCUT2D eigenvalue weighted by molar-refractivity contribution is 7.80. The molecule has 0 radical (unpaired) electrons. The Bertz CT molecular complexity index is 529. The summed E-state index contributed by atoms with van der Waals surface area (Å²) < 4.78 is 0. The molecule has 0 saturated heterocycles. The highest BCUT2D eigenvalue weighted by Gasteiger charge is 2.03. The number of carboxylic acid groups (broad SMARTS) is 1. The molecule has 0 bridgehead atoms. The van der Waals surface area contributed by atoms with Crippen molar-refractivity contribution in [3.63, 3.8) is 0 Å². The van der Waals surface area contributed by atoms with Crippen molar-refractivity contribution < 1.29 is 9.90 Å². The van der Waals surface area contributed by atoms with Crippen LogP contribution >= 0.6 is 23.8 Å². The Labute approximate surface area is 121 Å². The molecule has 0 fully saturated rings. The molecule has 1 rings (SSSR count). The zero-order chi connectivity index (χ0) is 14.3. The number of halogens is 1. The Morgan fingerprint density at radius 1 is 1.53 bits per heavy atom. The Morgan fingerprint density at radius 3 is 2.89 bits per heavy atom. The van der Waals surface area contributed by atoms with Gasteiger partial charge in [0.05, 0.1) is 10.7 Å².